The lowest BCUT2D eigenvalue weighted by Gasteiger charge is -1.99. The molecule has 0 aliphatic rings. The Hall–Kier alpha value is -1.36. The lowest BCUT2D eigenvalue weighted by Crippen LogP contribution is -2.13. The molecule has 0 bridgehead atoms. The minimum atomic E-state index is -0.0895. The topological polar surface area (TPSA) is 67.0 Å². The third kappa shape index (κ3) is 3.25. The fourth-order valence-electron chi connectivity index (χ4n) is 0.882. The molecule has 5 heteroatoms. The van der Waals surface area contributed by atoms with Gasteiger partial charge in [-0.25, -0.2) is 0 Å². The fraction of sp³-hybridized carbons (Fsp3) is 0.500. The Bertz CT molecular complexity index is 283. The third-order valence-electron chi connectivity index (χ3n) is 1.51. The number of aryl methyl sites for hydroxylation is 1. The minimum Gasteiger partial charge on any atom is -0.384 e. The van der Waals surface area contributed by atoms with E-state index in [2.05, 4.69) is 15.5 Å². The maximum absolute atomic E-state index is 11.1. The van der Waals surface area contributed by atoms with E-state index in [0.717, 1.165) is 5.69 Å². The molecule has 1 rings (SSSR count). The number of amides is 1. The summed E-state index contributed by atoms with van der Waals surface area (Å²) in [6.07, 6.45) is 0.350. The summed E-state index contributed by atoms with van der Waals surface area (Å²) in [4.78, 5) is 11.1. The van der Waals surface area contributed by atoms with Crippen molar-refractivity contribution < 1.29 is 9.53 Å². The number of rotatable bonds is 4. The van der Waals surface area contributed by atoms with Crippen LogP contribution in [-0.4, -0.2) is 29.8 Å². The van der Waals surface area contributed by atoms with Crippen LogP contribution in [0.4, 0.5) is 5.82 Å². The van der Waals surface area contributed by atoms with E-state index in [1.165, 1.54) is 0 Å². The van der Waals surface area contributed by atoms with Gasteiger partial charge in [0, 0.05) is 18.9 Å². The summed E-state index contributed by atoms with van der Waals surface area (Å²) in [7, 11) is 1.56. The molecular formula is C8H13N3O2. The highest BCUT2D eigenvalue weighted by Crippen LogP contribution is 2.03. The number of hydrogen-bond donors (Lipinski definition) is 2. The Balaban J connectivity index is 2.36. The van der Waals surface area contributed by atoms with Crippen molar-refractivity contribution in [3.8, 4) is 0 Å². The quantitative estimate of drug-likeness (QED) is 0.721. The van der Waals surface area contributed by atoms with E-state index in [1.54, 1.807) is 13.2 Å². The predicted octanol–water partition coefficient (Wildman–Crippen LogP) is 0.693. The molecule has 5 nitrogen and oxygen atoms in total. The van der Waals surface area contributed by atoms with Crippen molar-refractivity contribution in [1.82, 2.24) is 10.2 Å². The van der Waals surface area contributed by atoms with Crippen LogP contribution in [0, 0.1) is 6.92 Å². The zero-order valence-corrected chi connectivity index (χ0v) is 7.76. The van der Waals surface area contributed by atoms with E-state index >= 15 is 0 Å². The summed E-state index contributed by atoms with van der Waals surface area (Å²) < 4.78 is 4.77. The average Bonchev–Trinajstić information content (AvgIpc) is 2.48. The molecule has 0 aliphatic carbocycles. The van der Waals surface area contributed by atoms with E-state index in [0.29, 0.717) is 18.8 Å². The van der Waals surface area contributed by atoms with E-state index in [4.69, 9.17) is 4.74 Å². The Labute approximate surface area is 76.5 Å². The first-order valence-corrected chi connectivity index (χ1v) is 4.03. The van der Waals surface area contributed by atoms with Gasteiger partial charge in [0.05, 0.1) is 13.0 Å². The Morgan fingerprint density at radius 1 is 1.77 bits per heavy atom. The summed E-state index contributed by atoms with van der Waals surface area (Å²) in [5, 5.41) is 9.24. The normalized spacial score (nSPS) is 10.0. The summed E-state index contributed by atoms with van der Waals surface area (Å²) in [6.45, 7) is 2.30. The maximum atomic E-state index is 11.1. The van der Waals surface area contributed by atoms with Crippen molar-refractivity contribution in [3.63, 3.8) is 0 Å². The number of hydrogen-bond acceptors (Lipinski definition) is 3. The molecule has 0 saturated heterocycles. The molecule has 0 saturated carbocycles. The lowest BCUT2D eigenvalue weighted by atomic mass is 10.4. The van der Waals surface area contributed by atoms with E-state index in [9.17, 15) is 4.79 Å². The first-order chi connectivity index (χ1) is 6.22. The number of ether oxygens (including phenoxy) is 1. The monoisotopic (exact) mass is 183 g/mol. The molecule has 1 amide bonds. The van der Waals surface area contributed by atoms with Crippen LogP contribution < -0.4 is 5.32 Å². The molecule has 2 N–H and O–H groups in total. The number of nitrogens with zero attached hydrogens (tertiary/aromatic N) is 1. The SMILES string of the molecule is COCCC(=O)Nc1cc(C)[nH]n1. The van der Waals surface area contributed by atoms with Crippen LogP contribution in [0.1, 0.15) is 12.1 Å². The molecule has 0 aliphatic heterocycles. The molecule has 0 spiro atoms. The van der Waals surface area contributed by atoms with Crippen molar-refractivity contribution >= 4 is 11.7 Å². The van der Waals surface area contributed by atoms with Gasteiger partial charge in [-0.05, 0) is 6.92 Å². The van der Waals surface area contributed by atoms with Gasteiger partial charge < -0.3 is 10.1 Å². The number of nitrogens with one attached hydrogen (secondary N) is 2. The van der Waals surface area contributed by atoms with Crippen molar-refractivity contribution in [3.05, 3.63) is 11.8 Å². The number of aromatic amines is 1. The van der Waals surface area contributed by atoms with Gasteiger partial charge in [-0.1, -0.05) is 0 Å². The molecule has 0 fully saturated rings. The molecule has 0 unspecified atom stereocenters. The second kappa shape index (κ2) is 4.61. The predicted molar refractivity (Wildman–Crippen MR) is 48.4 cm³/mol. The number of methoxy groups -OCH3 is 1. The van der Waals surface area contributed by atoms with Crippen molar-refractivity contribution in [2.24, 2.45) is 0 Å². The lowest BCUT2D eigenvalue weighted by molar-refractivity contribution is -0.117. The van der Waals surface area contributed by atoms with E-state index in [1.807, 2.05) is 6.92 Å². The van der Waals surface area contributed by atoms with Crippen LogP contribution in [0.15, 0.2) is 6.07 Å². The molecule has 1 aromatic rings. The summed E-state index contributed by atoms with van der Waals surface area (Å²) >= 11 is 0. The number of carbonyl (C=O) groups excluding carboxylic acids is 1. The second-order valence-corrected chi connectivity index (χ2v) is 2.73. The smallest absolute Gasteiger partial charge is 0.227 e. The molecule has 0 aromatic carbocycles. The van der Waals surface area contributed by atoms with Crippen LogP contribution in [0.25, 0.3) is 0 Å². The van der Waals surface area contributed by atoms with Crippen LogP contribution in [0.3, 0.4) is 0 Å². The van der Waals surface area contributed by atoms with Gasteiger partial charge in [0.25, 0.3) is 0 Å². The highest BCUT2D eigenvalue weighted by molar-refractivity contribution is 5.89. The highest BCUT2D eigenvalue weighted by Gasteiger charge is 2.03. The number of carbonyl (C=O) groups is 1. The molecule has 72 valence electrons. The number of H-pyrrole nitrogens is 1. The van der Waals surface area contributed by atoms with Crippen LogP contribution >= 0.6 is 0 Å². The fourth-order valence-corrected chi connectivity index (χ4v) is 0.882. The van der Waals surface area contributed by atoms with Gasteiger partial charge in [-0.15, -0.1) is 0 Å². The summed E-state index contributed by atoms with van der Waals surface area (Å²) in [5.41, 5.74) is 0.919. The molecule has 0 atom stereocenters. The van der Waals surface area contributed by atoms with Crippen LogP contribution in [-0.2, 0) is 9.53 Å². The summed E-state index contributed by atoms with van der Waals surface area (Å²) in [6, 6.07) is 1.77. The van der Waals surface area contributed by atoms with E-state index in [-0.39, 0.29) is 5.91 Å². The van der Waals surface area contributed by atoms with Gasteiger partial charge in [0.15, 0.2) is 5.82 Å². The Morgan fingerprint density at radius 2 is 2.54 bits per heavy atom. The summed E-state index contributed by atoms with van der Waals surface area (Å²) in [5.74, 6) is 0.465. The first kappa shape index (κ1) is 9.73. The Kier molecular flexibility index (Phi) is 3.45. The van der Waals surface area contributed by atoms with E-state index < -0.39 is 0 Å². The zero-order chi connectivity index (χ0) is 9.68. The van der Waals surface area contributed by atoms with Crippen molar-refractivity contribution in [2.45, 2.75) is 13.3 Å². The average molecular weight is 183 g/mol. The zero-order valence-electron chi connectivity index (χ0n) is 7.76. The van der Waals surface area contributed by atoms with Crippen molar-refractivity contribution in [1.29, 1.82) is 0 Å². The second-order valence-electron chi connectivity index (χ2n) is 2.73. The largest absolute Gasteiger partial charge is 0.384 e. The molecule has 1 heterocycles. The third-order valence-corrected chi connectivity index (χ3v) is 1.51. The molecular weight excluding hydrogens is 170 g/mol. The van der Waals surface area contributed by atoms with Gasteiger partial charge in [0.1, 0.15) is 0 Å². The first-order valence-electron chi connectivity index (χ1n) is 4.03. The number of aromatic nitrogens is 2. The maximum Gasteiger partial charge on any atom is 0.227 e. The molecule has 0 radical (unpaired) electrons. The van der Waals surface area contributed by atoms with Gasteiger partial charge in [0.2, 0.25) is 5.91 Å². The van der Waals surface area contributed by atoms with Gasteiger partial charge in [-0.2, -0.15) is 5.10 Å². The minimum absolute atomic E-state index is 0.0895. The highest BCUT2D eigenvalue weighted by atomic mass is 16.5. The number of anilines is 1. The molecule has 13 heavy (non-hydrogen) atoms. The Morgan fingerprint density at radius 3 is 3.08 bits per heavy atom. The van der Waals surface area contributed by atoms with Gasteiger partial charge >= 0.3 is 0 Å². The van der Waals surface area contributed by atoms with Gasteiger partial charge in [-0.3, -0.25) is 9.89 Å². The standard InChI is InChI=1S/C8H13N3O2/c1-6-5-7(11-10-6)9-8(12)3-4-13-2/h5H,3-4H2,1-2H3,(H2,9,10,11,12). The van der Waals surface area contributed by atoms with Crippen LogP contribution in [0.2, 0.25) is 0 Å². The molecule has 1 aromatic heterocycles. The van der Waals surface area contributed by atoms with Crippen LogP contribution in [0.5, 0.6) is 0 Å². The van der Waals surface area contributed by atoms with Crippen molar-refractivity contribution in [2.75, 3.05) is 19.0 Å².